The summed E-state index contributed by atoms with van der Waals surface area (Å²) in [6, 6.07) is 2.01. The Bertz CT molecular complexity index is 684. The first-order chi connectivity index (χ1) is 10.4. The number of piperidine rings is 1. The predicted molar refractivity (Wildman–Crippen MR) is 76.5 cm³/mol. The van der Waals surface area contributed by atoms with Crippen LogP contribution in [0, 0.1) is 5.82 Å². The Labute approximate surface area is 127 Å². The fraction of sp³-hybridized carbons (Fsp3) is 0.438. The molecular formula is C16H17FN2O3. The van der Waals surface area contributed by atoms with Gasteiger partial charge in [-0.3, -0.25) is 19.7 Å². The van der Waals surface area contributed by atoms with Crippen LogP contribution in [0.25, 0.3) is 0 Å². The lowest BCUT2D eigenvalue weighted by atomic mass is 9.94. The van der Waals surface area contributed by atoms with Crippen molar-refractivity contribution in [2.45, 2.75) is 45.2 Å². The fourth-order valence-corrected chi connectivity index (χ4v) is 3.17. The Morgan fingerprint density at radius 1 is 1.27 bits per heavy atom. The highest BCUT2D eigenvalue weighted by Crippen LogP contribution is 2.33. The van der Waals surface area contributed by atoms with Crippen LogP contribution >= 0.6 is 0 Å². The van der Waals surface area contributed by atoms with E-state index in [0.717, 1.165) is 11.1 Å². The molecule has 0 saturated carbocycles. The lowest BCUT2D eigenvalue weighted by Gasteiger charge is -2.29. The number of hydrogen-bond donors (Lipinski definition) is 1. The van der Waals surface area contributed by atoms with E-state index in [1.165, 1.54) is 17.0 Å². The van der Waals surface area contributed by atoms with E-state index >= 15 is 0 Å². The van der Waals surface area contributed by atoms with Crippen molar-refractivity contribution in [2.24, 2.45) is 0 Å². The third kappa shape index (κ3) is 2.28. The number of nitrogens with zero attached hydrogens (tertiary/aromatic N) is 1. The van der Waals surface area contributed by atoms with Gasteiger partial charge in [-0.05, 0) is 35.6 Å². The van der Waals surface area contributed by atoms with Crippen molar-refractivity contribution in [2.75, 3.05) is 0 Å². The van der Waals surface area contributed by atoms with Gasteiger partial charge in [0.2, 0.25) is 11.8 Å². The van der Waals surface area contributed by atoms with E-state index in [-0.39, 0.29) is 30.7 Å². The maximum Gasteiger partial charge on any atom is 0.255 e. The second-order valence-electron chi connectivity index (χ2n) is 6.08. The van der Waals surface area contributed by atoms with Crippen molar-refractivity contribution < 1.29 is 18.8 Å². The van der Waals surface area contributed by atoms with Gasteiger partial charge in [-0.1, -0.05) is 13.8 Å². The number of hydrogen-bond acceptors (Lipinski definition) is 3. The van der Waals surface area contributed by atoms with E-state index in [9.17, 15) is 18.8 Å². The van der Waals surface area contributed by atoms with Gasteiger partial charge in [-0.25, -0.2) is 4.39 Å². The summed E-state index contributed by atoms with van der Waals surface area (Å²) in [7, 11) is 0. The van der Waals surface area contributed by atoms with Crippen LogP contribution in [0.15, 0.2) is 12.1 Å². The summed E-state index contributed by atoms with van der Waals surface area (Å²) < 4.78 is 13.8. The van der Waals surface area contributed by atoms with Crippen LogP contribution < -0.4 is 5.32 Å². The topological polar surface area (TPSA) is 66.5 Å². The van der Waals surface area contributed by atoms with Crippen molar-refractivity contribution in [1.29, 1.82) is 0 Å². The van der Waals surface area contributed by atoms with Gasteiger partial charge in [0.05, 0.1) is 0 Å². The molecule has 2 heterocycles. The van der Waals surface area contributed by atoms with Gasteiger partial charge in [0, 0.05) is 18.5 Å². The monoisotopic (exact) mass is 304 g/mol. The van der Waals surface area contributed by atoms with Gasteiger partial charge < -0.3 is 4.90 Å². The average molecular weight is 304 g/mol. The summed E-state index contributed by atoms with van der Waals surface area (Å²) in [4.78, 5) is 37.2. The Hall–Kier alpha value is -2.24. The molecule has 3 rings (SSSR count). The SMILES string of the molecule is CC(C)c1cc(F)cc2c1CN(C1CCC(=O)NC1=O)C2=O. The Kier molecular flexibility index (Phi) is 3.47. The highest BCUT2D eigenvalue weighted by atomic mass is 19.1. The molecule has 5 nitrogen and oxygen atoms in total. The standard InChI is InChI=1S/C16H17FN2O3/c1-8(2)10-5-9(17)6-11-12(10)7-19(16(11)22)13-3-4-14(20)18-15(13)21/h5-6,8,13H,3-4,7H2,1-2H3,(H,18,20,21). The number of halogens is 1. The summed E-state index contributed by atoms with van der Waals surface area (Å²) in [5.74, 6) is -1.48. The van der Waals surface area contributed by atoms with Crippen LogP contribution in [-0.2, 0) is 16.1 Å². The quantitative estimate of drug-likeness (QED) is 0.846. The van der Waals surface area contributed by atoms with Gasteiger partial charge in [-0.15, -0.1) is 0 Å². The summed E-state index contributed by atoms with van der Waals surface area (Å²) in [6.07, 6.45) is 0.520. The minimum atomic E-state index is -0.666. The number of nitrogens with one attached hydrogen (secondary N) is 1. The first-order valence-electron chi connectivity index (χ1n) is 7.35. The van der Waals surface area contributed by atoms with Crippen LogP contribution in [-0.4, -0.2) is 28.7 Å². The molecule has 1 atom stereocenters. The Balaban J connectivity index is 1.96. The molecule has 3 amide bonds. The molecule has 1 fully saturated rings. The molecule has 22 heavy (non-hydrogen) atoms. The molecule has 0 aliphatic carbocycles. The van der Waals surface area contributed by atoms with E-state index in [1.807, 2.05) is 13.8 Å². The first kappa shape index (κ1) is 14.7. The Morgan fingerprint density at radius 3 is 2.64 bits per heavy atom. The maximum atomic E-state index is 13.8. The number of fused-ring (bicyclic) bond motifs is 1. The van der Waals surface area contributed by atoms with Crippen molar-refractivity contribution in [3.05, 3.63) is 34.6 Å². The molecule has 1 saturated heterocycles. The second-order valence-corrected chi connectivity index (χ2v) is 6.08. The molecule has 2 aliphatic heterocycles. The van der Waals surface area contributed by atoms with Crippen LogP contribution in [0.1, 0.15) is 54.1 Å². The van der Waals surface area contributed by atoms with Gasteiger partial charge in [-0.2, -0.15) is 0 Å². The van der Waals surface area contributed by atoms with E-state index in [2.05, 4.69) is 5.32 Å². The third-order valence-electron chi connectivity index (χ3n) is 4.28. The zero-order chi connectivity index (χ0) is 16.0. The lowest BCUT2D eigenvalue weighted by Crippen LogP contribution is -2.52. The van der Waals surface area contributed by atoms with E-state index in [4.69, 9.17) is 0 Å². The van der Waals surface area contributed by atoms with Gasteiger partial charge in [0.15, 0.2) is 0 Å². The van der Waals surface area contributed by atoms with Crippen LogP contribution in [0.4, 0.5) is 4.39 Å². The molecule has 116 valence electrons. The molecule has 0 spiro atoms. The largest absolute Gasteiger partial charge is 0.322 e. The molecule has 1 aromatic rings. The van der Waals surface area contributed by atoms with Gasteiger partial charge >= 0.3 is 0 Å². The number of carbonyl (C=O) groups is 3. The minimum absolute atomic E-state index is 0.0824. The molecule has 1 N–H and O–H groups in total. The molecule has 1 unspecified atom stereocenters. The second kappa shape index (κ2) is 5.19. The van der Waals surface area contributed by atoms with Gasteiger partial charge in [0.25, 0.3) is 5.91 Å². The zero-order valence-electron chi connectivity index (χ0n) is 12.5. The fourth-order valence-electron chi connectivity index (χ4n) is 3.17. The molecule has 0 radical (unpaired) electrons. The first-order valence-corrected chi connectivity index (χ1v) is 7.35. The maximum absolute atomic E-state index is 13.8. The molecular weight excluding hydrogens is 287 g/mol. The lowest BCUT2D eigenvalue weighted by molar-refractivity contribution is -0.136. The Morgan fingerprint density at radius 2 is 2.00 bits per heavy atom. The molecule has 6 heteroatoms. The summed E-state index contributed by atoms with van der Waals surface area (Å²) in [5, 5.41) is 2.26. The molecule has 0 bridgehead atoms. The molecule has 0 aromatic heterocycles. The number of imide groups is 1. The van der Waals surface area contributed by atoms with Crippen molar-refractivity contribution in [1.82, 2.24) is 10.2 Å². The van der Waals surface area contributed by atoms with E-state index in [0.29, 0.717) is 12.0 Å². The summed E-state index contributed by atoms with van der Waals surface area (Å²) in [5.41, 5.74) is 1.90. The highest BCUT2D eigenvalue weighted by Gasteiger charge is 2.40. The number of amides is 3. The highest BCUT2D eigenvalue weighted by molar-refractivity contribution is 6.05. The third-order valence-corrected chi connectivity index (χ3v) is 4.28. The van der Waals surface area contributed by atoms with Crippen molar-refractivity contribution >= 4 is 17.7 Å². The number of rotatable bonds is 2. The minimum Gasteiger partial charge on any atom is -0.322 e. The summed E-state index contributed by atoms with van der Waals surface area (Å²) in [6.45, 7) is 4.16. The van der Waals surface area contributed by atoms with Crippen LogP contribution in [0.5, 0.6) is 0 Å². The van der Waals surface area contributed by atoms with E-state index < -0.39 is 17.8 Å². The zero-order valence-corrected chi connectivity index (χ0v) is 12.5. The van der Waals surface area contributed by atoms with Gasteiger partial charge in [0.1, 0.15) is 11.9 Å². The normalized spacial score (nSPS) is 21.4. The predicted octanol–water partition coefficient (Wildman–Crippen LogP) is 1.71. The summed E-state index contributed by atoms with van der Waals surface area (Å²) >= 11 is 0. The smallest absolute Gasteiger partial charge is 0.255 e. The number of benzene rings is 1. The molecule has 1 aromatic carbocycles. The van der Waals surface area contributed by atoms with E-state index in [1.54, 1.807) is 0 Å². The average Bonchev–Trinajstić information content (AvgIpc) is 2.75. The van der Waals surface area contributed by atoms with Crippen LogP contribution in [0.2, 0.25) is 0 Å². The van der Waals surface area contributed by atoms with Crippen molar-refractivity contribution in [3.63, 3.8) is 0 Å². The number of carbonyl (C=O) groups excluding carboxylic acids is 3. The van der Waals surface area contributed by atoms with Crippen LogP contribution in [0.3, 0.4) is 0 Å². The van der Waals surface area contributed by atoms with Crippen molar-refractivity contribution in [3.8, 4) is 0 Å². The molecule has 2 aliphatic rings.